The van der Waals surface area contributed by atoms with Crippen LogP contribution in [-0.4, -0.2) is 37.5 Å². The van der Waals surface area contributed by atoms with Crippen molar-refractivity contribution in [1.29, 1.82) is 0 Å². The first kappa shape index (κ1) is 21.9. The summed E-state index contributed by atoms with van der Waals surface area (Å²) in [7, 11) is -3.54. The summed E-state index contributed by atoms with van der Waals surface area (Å²) in [6.45, 7) is 2.93. The second-order valence-electron chi connectivity index (χ2n) is 7.83. The van der Waals surface area contributed by atoms with Crippen LogP contribution in [0.5, 0.6) is 0 Å². The third kappa shape index (κ3) is 4.49. The average molecular weight is 449 g/mol. The van der Waals surface area contributed by atoms with E-state index in [1.54, 1.807) is 36.4 Å². The summed E-state index contributed by atoms with van der Waals surface area (Å²) in [5.41, 5.74) is 2.55. The zero-order valence-corrected chi connectivity index (χ0v) is 18.6. The third-order valence-electron chi connectivity index (χ3n) is 5.52. The highest BCUT2D eigenvalue weighted by molar-refractivity contribution is 7.89. The van der Waals surface area contributed by atoms with Gasteiger partial charge in [-0.3, -0.25) is 9.59 Å². The van der Waals surface area contributed by atoms with Gasteiger partial charge in [-0.15, -0.1) is 0 Å². The summed E-state index contributed by atoms with van der Waals surface area (Å²) in [5.74, 6) is -0.599. The van der Waals surface area contributed by atoms with Gasteiger partial charge in [-0.25, -0.2) is 8.42 Å². The van der Waals surface area contributed by atoms with Gasteiger partial charge >= 0.3 is 0 Å². The van der Waals surface area contributed by atoms with Crippen LogP contribution in [0, 0.1) is 6.92 Å². The number of nitrogens with one attached hydrogen (secondary N) is 1. The van der Waals surface area contributed by atoms with Crippen LogP contribution in [0.25, 0.3) is 0 Å². The topological polar surface area (TPSA) is 83.6 Å². The zero-order valence-electron chi connectivity index (χ0n) is 17.7. The van der Waals surface area contributed by atoms with E-state index in [-0.39, 0.29) is 10.7 Å². The first-order valence-electron chi connectivity index (χ1n) is 10.5. The SMILES string of the molecule is Cc1ccc(NC(=O)c2ccc(S(=O)(=O)N3CCCC3)cc2)c(C(=O)c2ccccc2)c1. The van der Waals surface area contributed by atoms with Crippen molar-refractivity contribution in [1.82, 2.24) is 4.31 Å². The maximum absolute atomic E-state index is 13.0. The Morgan fingerprint density at radius 2 is 1.50 bits per heavy atom. The zero-order chi connectivity index (χ0) is 22.7. The van der Waals surface area contributed by atoms with Crippen LogP contribution < -0.4 is 5.32 Å². The molecule has 0 atom stereocenters. The highest BCUT2D eigenvalue weighted by Crippen LogP contribution is 2.24. The molecule has 0 saturated carbocycles. The highest BCUT2D eigenvalue weighted by Gasteiger charge is 2.27. The van der Waals surface area contributed by atoms with Crippen LogP contribution in [0.2, 0.25) is 0 Å². The molecule has 1 N–H and O–H groups in total. The van der Waals surface area contributed by atoms with E-state index in [0.29, 0.717) is 35.5 Å². The Morgan fingerprint density at radius 1 is 0.844 bits per heavy atom. The van der Waals surface area contributed by atoms with Crippen molar-refractivity contribution in [2.24, 2.45) is 0 Å². The second kappa shape index (κ2) is 9.06. The van der Waals surface area contributed by atoms with Crippen LogP contribution in [0.15, 0.2) is 77.7 Å². The minimum absolute atomic E-state index is 0.172. The molecule has 0 bridgehead atoms. The number of carbonyl (C=O) groups is 2. The quantitative estimate of drug-likeness (QED) is 0.571. The Hall–Kier alpha value is -3.29. The van der Waals surface area contributed by atoms with Crippen LogP contribution >= 0.6 is 0 Å². The van der Waals surface area contributed by atoms with Gasteiger partial charge in [0.2, 0.25) is 10.0 Å². The molecule has 164 valence electrons. The van der Waals surface area contributed by atoms with Gasteiger partial charge < -0.3 is 5.32 Å². The van der Waals surface area contributed by atoms with Crippen molar-refractivity contribution in [2.75, 3.05) is 18.4 Å². The van der Waals surface area contributed by atoms with E-state index < -0.39 is 15.9 Å². The molecule has 0 unspecified atom stereocenters. The molecule has 1 fully saturated rings. The lowest BCUT2D eigenvalue weighted by Gasteiger charge is -2.16. The van der Waals surface area contributed by atoms with Gasteiger partial charge in [-0.2, -0.15) is 4.31 Å². The molecule has 3 aromatic rings. The molecule has 1 aliphatic rings. The molecule has 4 rings (SSSR count). The fourth-order valence-electron chi connectivity index (χ4n) is 3.75. The average Bonchev–Trinajstić information content (AvgIpc) is 3.36. The molecule has 7 heteroatoms. The summed E-state index contributed by atoms with van der Waals surface area (Å²) in [5, 5.41) is 2.80. The van der Waals surface area contributed by atoms with Crippen LogP contribution in [0.3, 0.4) is 0 Å². The predicted octanol–water partition coefficient (Wildman–Crippen LogP) is 4.26. The van der Waals surface area contributed by atoms with Crippen LogP contribution in [0.1, 0.15) is 44.7 Å². The maximum Gasteiger partial charge on any atom is 0.255 e. The van der Waals surface area contributed by atoms with Gasteiger partial charge in [0.1, 0.15) is 0 Å². The molecule has 0 aromatic heterocycles. The molecule has 0 spiro atoms. The van der Waals surface area contributed by atoms with Crippen LogP contribution in [0.4, 0.5) is 5.69 Å². The van der Waals surface area contributed by atoms with Crippen LogP contribution in [-0.2, 0) is 10.0 Å². The summed E-state index contributed by atoms with van der Waals surface area (Å²) in [6, 6.07) is 20.0. The largest absolute Gasteiger partial charge is 0.321 e. The number of nitrogens with zero attached hydrogens (tertiary/aromatic N) is 1. The molecule has 0 radical (unpaired) electrons. The Bertz CT molecular complexity index is 1250. The van der Waals surface area contributed by atoms with Gasteiger partial charge in [0.15, 0.2) is 5.78 Å². The standard InChI is InChI=1S/C25H24N2O4S/c1-18-9-14-23(22(17-18)24(28)19-7-3-2-4-8-19)26-25(29)20-10-12-21(13-11-20)32(30,31)27-15-5-6-16-27/h2-4,7-14,17H,5-6,15-16H2,1H3,(H,26,29). The fraction of sp³-hybridized carbons (Fsp3) is 0.200. The molecular weight excluding hydrogens is 424 g/mol. The summed E-state index contributed by atoms with van der Waals surface area (Å²) < 4.78 is 26.8. The number of hydrogen-bond donors (Lipinski definition) is 1. The lowest BCUT2D eigenvalue weighted by Crippen LogP contribution is -2.27. The van der Waals surface area contributed by atoms with Crippen molar-refractivity contribution < 1.29 is 18.0 Å². The molecule has 1 saturated heterocycles. The van der Waals surface area contributed by atoms with E-state index in [1.807, 2.05) is 19.1 Å². The Balaban J connectivity index is 1.56. The summed E-state index contributed by atoms with van der Waals surface area (Å²) >= 11 is 0. The van der Waals surface area contributed by atoms with E-state index in [0.717, 1.165) is 18.4 Å². The normalized spacial score (nSPS) is 14.3. The van der Waals surface area contributed by atoms with Gasteiger partial charge in [-0.1, -0.05) is 42.0 Å². The van der Waals surface area contributed by atoms with Gasteiger partial charge in [0.25, 0.3) is 5.91 Å². The Labute approximate surface area is 187 Å². The first-order valence-corrected chi connectivity index (χ1v) is 11.9. The number of ketones is 1. The molecule has 0 aliphatic carbocycles. The number of rotatable bonds is 6. The molecule has 1 amide bonds. The van der Waals surface area contributed by atoms with Crippen molar-refractivity contribution in [2.45, 2.75) is 24.7 Å². The van der Waals surface area contributed by atoms with Gasteiger partial charge in [0.05, 0.1) is 10.6 Å². The molecular formula is C25H24N2O4S. The van der Waals surface area contributed by atoms with Gasteiger partial charge in [-0.05, 0) is 56.2 Å². The monoisotopic (exact) mass is 448 g/mol. The molecule has 1 heterocycles. The molecule has 6 nitrogen and oxygen atoms in total. The first-order chi connectivity index (χ1) is 15.4. The lowest BCUT2D eigenvalue weighted by atomic mass is 9.99. The number of amides is 1. The van der Waals surface area contributed by atoms with Gasteiger partial charge in [0, 0.05) is 29.8 Å². The van der Waals surface area contributed by atoms with E-state index in [9.17, 15) is 18.0 Å². The number of carbonyl (C=O) groups excluding carboxylic acids is 2. The number of benzene rings is 3. The maximum atomic E-state index is 13.0. The minimum Gasteiger partial charge on any atom is -0.321 e. The van der Waals surface area contributed by atoms with E-state index >= 15 is 0 Å². The fourth-order valence-corrected chi connectivity index (χ4v) is 5.27. The number of sulfonamides is 1. The molecule has 3 aromatic carbocycles. The number of hydrogen-bond acceptors (Lipinski definition) is 4. The highest BCUT2D eigenvalue weighted by atomic mass is 32.2. The Morgan fingerprint density at radius 3 is 2.16 bits per heavy atom. The smallest absolute Gasteiger partial charge is 0.255 e. The van der Waals surface area contributed by atoms with E-state index in [2.05, 4.69) is 5.32 Å². The molecule has 1 aliphatic heterocycles. The number of anilines is 1. The second-order valence-corrected chi connectivity index (χ2v) is 9.77. The molecule has 32 heavy (non-hydrogen) atoms. The third-order valence-corrected chi connectivity index (χ3v) is 7.44. The van der Waals surface area contributed by atoms with Crippen molar-refractivity contribution in [3.8, 4) is 0 Å². The lowest BCUT2D eigenvalue weighted by molar-refractivity contribution is 0.102. The van der Waals surface area contributed by atoms with Crippen molar-refractivity contribution >= 4 is 27.4 Å². The number of aryl methyl sites for hydroxylation is 1. The minimum atomic E-state index is -3.54. The Kier molecular flexibility index (Phi) is 6.21. The van der Waals surface area contributed by atoms with Crippen molar-refractivity contribution in [3.05, 3.63) is 95.1 Å². The van der Waals surface area contributed by atoms with Crippen molar-refractivity contribution in [3.63, 3.8) is 0 Å². The summed E-state index contributed by atoms with van der Waals surface area (Å²) in [6.07, 6.45) is 1.72. The predicted molar refractivity (Wildman–Crippen MR) is 123 cm³/mol. The van der Waals surface area contributed by atoms with E-state index in [1.165, 1.54) is 28.6 Å². The summed E-state index contributed by atoms with van der Waals surface area (Å²) in [4.78, 5) is 26.0. The van der Waals surface area contributed by atoms with E-state index in [4.69, 9.17) is 0 Å².